The summed E-state index contributed by atoms with van der Waals surface area (Å²) in [6, 6.07) is 9.08. The van der Waals surface area contributed by atoms with Gasteiger partial charge in [0, 0.05) is 19.0 Å². The van der Waals surface area contributed by atoms with Crippen molar-refractivity contribution in [3.8, 4) is 0 Å². The first-order valence-electron chi connectivity index (χ1n) is 14.3. The number of carbonyl (C=O) groups excluding carboxylic acids is 1. The molecule has 0 saturated carbocycles. The second kappa shape index (κ2) is 12.1. The van der Waals surface area contributed by atoms with Crippen LogP contribution < -0.4 is 5.32 Å². The fourth-order valence-electron chi connectivity index (χ4n) is 5.25. The van der Waals surface area contributed by atoms with E-state index in [-0.39, 0.29) is 43.9 Å². The van der Waals surface area contributed by atoms with Gasteiger partial charge < -0.3 is 28.7 Å². The maximum Gasteiger partial charge on any atom is 0.259 e. The van der Waals surface area contributed by atoms with Gasteiger partial charge in [-0.15, -0.1) is 0 Å². The molecule has 0 aliphatic carbocycles. The molecule has 2 aliphatic heterocycles. The molecule has 2 aromatic heterocycles. The minimum Gasteiger partial charge on any atom is -0.365 e. The third kappa shape index (κ3) is 5.58. The van der Waals surface area contributed by atoms with E-state index in [9.17, 15) is 4.79 Å². The number of ether oxygens (including phenoxy) is 2. The first kappa shape index (κ1) is 28.1. The molecule has 2 aliphatic rings. The van der Waals surface area contributed by atoms with Gasteiger partial charge in [0.05, 0.1) is 12.4 Å². The van der Waals surface area contributed by atoms with E-state index in [1.165, 1.54) is 6.33 Å². The Kier molecular flexibility index (Phi) is 8.26. The average Bonchev–Trinajstić information content (AvgIpc) is 3.61. The first-order chi connectivity index (χ1) is 20.2. The van der Waals surface area contributed by atoms with Crippen LogP contribution in [0.1, 0.15) is 59.5 Å². The monoisotopic (exact) mass is 582 g/mol. The van der Waals surface area contributed by atoms with Crippen LogP contribution in [-0.4, -0.2) is 79.2 Å². The molecule has 5 rings (SSSR count). The van der Waals surface area contributed by atoms with Crippen molar-refractivity contribution in [1.29, 1.82) is 0 Å². The fourth-order valence-corrected chi connectivity index (χ4v) is 7.04. The third-order valence-corrected chi connectivity index (χ3v) is 9.32. The van der Waals surface area contributed by atoms with E-state index in [4.69, 9.17) is 26.5 Å². The second-order valence-corrected chi connectivity index (χ2v) is 12.0. The maximum absolute atomic E-state index is 12.8. The van der Waals surface area contributed by atoms with Gasteiger partial charge in [-0.25, -0.2) is 26.2 Å². The number of amides is 1. The Bertz CT molecular complexity index is 1430. The number of nitrogens with zero attached hydrogens (tertiary/aromatic N) is 6. The molecule has 0 spiro atoms. The second-order valence-electron chi connectivity index (χ2n) is 10.6. The van der Waals surface area contributed by atoms with Crippen molar-refractivity contribution in [3.63, 3.8) is 0 Å². The molecule has 6 atom stereocenters. The molecule has 2 unspecified atom stereocenters. The average molecular weight is 583 g/mol. The van der Waals surface area contributed by atoms with Gasteiger partial charge in [0.2, 0.25) is 6.54 Å². The van der Waals surface area contributed by atoms with Crippen LogP contribution in [0, 0.1) is 6.57 Å². The molecule has 2 bridgehead atoms. The van der Waals surface area contributed by atoms with Crippen LogP contribution in [0.3, 0.4) is 0 Å². The van der Waals surface area contributed by atoms with Crippen molar-refractivity contribution >= 4 is 31.4 Å². The summed E-state index contributed by atoms with van der Waals surface area (Å²) in [4.78, 5) is 29.5. The van der Waals surface area contributed by atoms with Gasteiger partial charge in [0.1, 0.15) is 30.7 Å². The number of carbonyl (C=O) groups is 1. The number of imidazole rings is 1. The van der Waals surface area contributed by atoms with Gasteiger partial charge in [-0.05, 0) is 53.7 Å². The van der Waals surface area contributed by atoms with Gasteiger partial charge in [-0.1, -0.05) is 18.2 Å². The molecule has 41 heavy (non-hydrogen) atoms. The Labute approximate surface area is 242 Å². The van der Waals surface area contributed by atoms with E-state index >= 15 is 0 Å². The van der Waals surface area contributed by atoms with Crippen LogP contribution >= 0.6 is 8.53 Å². The number of hydrogen-bond donors (Lipinski definition) is 1. The van der Waals surface area contributed by atoms with Gasteiger partial charge in [0.25, 0.3) is 14.4 Å². The van der Waals surface area contributed by atoms with Crippen molar-refractivity contribution in [2.45, 2.75) is 83.7 Å². The van der Waals surface area contributed by atoms with Crippen LogP contribution in [0.4, 0.5) is 5.82 Å². The molecule has 1 N–H and O–H groups in total. The summed E-state index contributed by atoms with van der Waals surface area (Å²) in [5.74, 6) is -0.0409. The zero-order valence-electron chi connectivity index (χ0n) is 24.8. The van der Waals surface area contributed by atoms with Crippen molar-refractivity contribution in [3.05, 3.63) is 60.0 Å². The zero-order valence-corrected chi connectivity index (χ0v) is 24.7. The van der Waals surface area contributed by atoms with E-state index in [0.29, 0.717) is 16.7 Å². The van der Waals surface area contributed by atoms with Crippen LogP contribution in [0.5, 0.6) is 0 Å². The van der Waals surface area contributed by atoms with Crippen molar-refractivity contribution < 1.29 is 24.7 Å². The van der Waals surface area contributed by atoms with Gasteiger partial charge in [-0.2, -0.15) is 0 Å². The van der Waals surface area contributed by atoms with Crippen LogP contribution in [0.25, 0.3) is 16.0 Å². The highest BCUT2D eigenvalue weighted by Gasteiger charge is 2.65. The number of anilines is 1. The number of rotatable bonds is 11. The predicted octanol–water partition coefficient (Wildman–Crippen LogP) is 4.82. The van der Waals surface area contributed by atoms with E-state index in [1.807, 2.05) is 13.0 Å². The molecule has 218 valence electrons. The molecule has 1 amide bonds. The molecule has 2 saturated heterocycles. The largest absolute Gasteiger partial charge is 0.365 e. The number of nitrogens with one attached hydrogen (secondary N) is 1. The van der Waals surface area contributed by atoms with E-state index in [1.54, 1.807) is 35.2 Å². The van der Waals surface area contributed by atoms with Gasteiger partial charge >= 0.3 is 0 Å². The number of aromatic nitrogens is 4. The topological polar surface area (TPSA) is 117 Å². The Morgan fingerprint density at radius 2 is 2.02 bits per heavy atom. The molecule has 1 aromatic carbocycles. The van der Waals surface area contributed by atoms with E-state index < -0.39 is 38.7 Å². The summed E-state index contributed by atoms with van der Waals surface area (Å²) in [6.07, 6.45) is 0.634. The normalized spacial score (nSPS) is 26.6. The summed E-state index contributed by atoms with van der Waals surface area (Å²) in [6.45, 7) is 17.7. The zero-order chi connectivity index (χ0) is 30.0. The summed E-state index contributed by atoms with van der Waals surface area (Å²) in [5.41, 5.74) is 0.274. The number of hydrogen-bond acceptors (Lipinski definition) is 9. The van der Waals surface area contributed by atoms with Crippen molar-refractivity contribution in [2.75, 3.05) is 18.5 Å². The van der Waals surface area contributed by atoms with Gasteiger partial charge in [-0.3, -0.25) is 9.36 Å². The fraction of sp³-hybridized carbons (Fsp3) is 0.536. The van der Waals surface area contributed by atoms with E-state index in [2.05, 4.69) is 57.5 Å². The van der Waals surface area contributed by atoms with Crippen LogP contribution in [0.15, 0.2) is 43.0 Å². The Morgan fingerprint density at radius 3 is 2.71 bits per heavy atom. The molecular weight excluding hydrogens is 545 g/mol. The van der Waals surface area contributed by atoms with Gasteiger partial charge in [0.15, 0.2) is 23.2 Å². The number of benzene rings is 1. The maximum atomic E-state index is 12.8. The van der Waals surface area contributed by atoms with Crippen LogP contribution in [-0.2, 0) is 18.5 Å². The lowest BCUT2D eigenvalue weighted by Crippen LogP contribution is -2.44. The molecule has 3 aromatic rings. The minimum absolute atomic E-state index is 0.0968. The predicted molar refractivity (Wildman–Crippen MR) is 154 cm³/mol. The Morgan fingerprint density at radius 1 is 1.27 bits per heavy atom. The number of fused-ring (bicyclic) bond motifs is 3. The summed E-state index contributed by atoms with van der Waals surface area (Å²) >= 11 is 0. The van der Waals surface area contributed by atoms with Crippen LogP contribution in [0.2, 0.25) is 0 Å². The molecule has 4 heterocycles. The third-order valence-electron chi connectivity index (χ3n) is 7.21. The SMILES string of the molecule is [2H]C[C@]12O[C@@H](n3cnc4c(NC(=O)c5ccccc5)ncnc43)[C@H](OC1C)[C@@H]2OP(OCC[N+]#[C-])N(C(C)C)C(C)C. The standard InChI is InChI=1S/C28H36N7O5P/c1-17(2)35(18(3)4)41(37-14-13-29-7)40-23-22-27(39-28(23,6)19(5)38-22)34-16-32-21-24(30-15-31-25(21)34)33-26(36)20-11-9-8-10-12-20/h8-12,15-19,22-23,27H,13-14H2,1-6H3,(H,30,31,33,36)/t19?,22-,23+,27-,28+,41?/m1/s1/i6D. The van der Waals surface area contributed by atoms with Crippen molar-refractivity contribution in [2.24, 2.45) is 0 Å². The summed E-state index contributed by atoms with van der Waals surface area (Å²) in [5, 5.41) is 2.82. The molecule has 0 radical (unpaired) electrons. The molecule has 2 fully saturated rings. The molecular formula is C28H36N7O5P. The molecule has 13 heteroatoms. The highest BCUT2D eigenvalue weighted by atomic mass is 31.2. The van der Waals surface area contributed by atoms with Crippen molar-refractivity contribution in [1.82, 2.24) is 24.2 Å². The lowest BCUT2D eigenvalue weighted by Gasteiger charge is -2.38. The molecule has 12 nitrogen and oxygen atoms in total. The smallest absolute Gasteiger partial charge is 0.259 e. The minimum atomic E-state index is -1.60. The highest BCUT2D eigenvalue weighted by Crippen LogP contribution is 2.57. The highest BCUT2D eigenvalue weighted by molar-refractivity contribution is 7.44. The summed E-state index contributed by atoms with van der Waals surface area (Å²) < 4.78 is 38.3. The quantitative estimate of drug-likeness (QED) is 0.193. The lowest BCUT2D eigenvalue weighted by atomic mass is 9.96. The summed E-state index contributed by atoms with van der Waals surface area (Å²) in [7, 11) is -1.60. The Hall–Kier alpha value is -3.04. The first-order valence-corrected chi connectivity index (χ1v) is 14.7. The lowest BCUT2D eigenvalue weighted by molar-refractivity contribution is -0.198. The Balaban J connectivity index is 1.45. The van der Waals surface area contributed by atoms with E-state index in [0.717, 1.165) is 0 Å².